The highest BCUT2D eigenvalue weighted by atomic mass is 32.1. The van der Waals surface area contributed by atoms with Crippen LogP contribution in [0.15, 0.2) is 24.3 Å². The van der Waals surface area contributed by atoms with Crippen LogP contribution in [0.4, 0.5) is 0 Å². The first-order chi connectivity index (χ1) is 6.72. The quantitative estimate of drug-likeness (QED) is 0.756. The average molecular weight is 209 g/mol. The molecule has 14 heavy (non-hydrogen) atoms. The Morgan fingerprint density at radius 1 is 1.36 bits per heavy atom. The summed E-state index contributed by atoms with van der Waals surface area (Å²) in [7, 11) is 0. The molecule has 0 heterocycles. The molecule has 0 aliphatic carbocycles. The minimum atomic E-state index is 0.496. The Bertz CT molecular complexity index is 295. The maximum Gasteiger partial charge on any atom is 0.119 e. The minimum Gasteiger partial charge on any atom is -0.493 e. The van der Waals surface area contributed by atoms with Crippen LogP contribution >= 0.6 is 12.2 Å². The highest BCUT2D eigenvalue weighted by Gasteiger charge is 1.94. The van der Waals surface area contributed by atoms with Crippen LogP contribution in [0.1, 0.15) is 18.9 Å². The van der Waals surface area contributed by atoms with E-state index in [9.17, 15) is 0 Å². The van der Waals surface area contributed by atoms with E-state index in [0.717, 1.165) is 12.2 Å². The Labute approximate surface area is 90.1 Å². The third kappa shape index (κ3) is 3.75. The van der Waals surface area contributed by atoms with Gasteiger partial charge in [-0.05, 0) is 24.1 Å². The van der Waals surface area contributed by atoms with Gasteiger partial charge in [0.1, 0.15) is 5.75 Å². The van der Waals surface area contributed by atoms with Gasteiger partial charge in [0.05, 0.1) is 11.6 Å². The molecule has 0 unspecified atom stereocenters. The van der Waals surface area contributed by atoms with Gasteiger partial charge in [-0.25, -0.2) is 0 Å². The van der Waals surface area contributed by atoms with Gasteiger partial charge < -0.3 is 10.5 Å². The van der Waals surface area contributed by atoms with Crippen LogP contribution in [0.3, 0.4) is 0 Å². The average Bonchev–Trinajstić information content (AvgIpc) is 2.18. The first kappa shape index (κ1) is 11.0. The Kier molecular flexibility index (Phi) is 4.40. The molecule has 0 atom stereocenters. The van der Waals surface area contributed by atoms with Crippen molar-refractivity contribution < 1.29 is 4.74 Å². The molecule has 2 nitrogen and oxygen atoms in total. The van der Waals surface area contributed by atoms with Gasteiger partial charge in [0, 0.05) is 6.42 Å². The molecule has 1 rings (SSSR count). The third-order valence-corrected chi connectivity index (χ3v) is 2.15. The third-order valence-electron chi connectivity index (χ3n) is 1.95. The summed E-state index contributed by atoms with van der Waals surface area (Å²) in [6.45, 7) is 2.68. The van der Waals surface area contributed by atoms with Crippen LogP contribution < -0.4 is 10.5 Å². The van der Waals surface area contributed by atoms with E-state index in [4.69, 9.17) is 22.7 Å². The van der Waals surface area contributed by atoms with E-state index in [2.05, 4.69) is 19.1 Å². The number of nitrogens with two attached hydrogens (primary N) is 1. The summed E-state index contributed by atoms with van der Waals surface area (Å²) in [5, 5.41) is 0. The van der Waals surface area contributed by atoms with E-state index in [-0.39, 0.29) is 0 Å². The molecular formula is C11H15NOS. The number of hydrogen-bond donors (Lipinski definition) is 1. The van der Waals surface area contributed by atoms with E-state index in [1.165, 1.54) is 5.56 Å². The number of hydrogen-bond acceptors (Lipinski definition) is 2. The Hall–Kier alpha value is -1.09. The topological polar surface area (TPSA) is 35.2 Å². The fourth-order valence-electron chi connectivity index (χ4n) is 1.09. The fourth-order valence-corrected chi connectivity index (χ4v) is 1.17. The number of rotatable bonds is 5. The van der Waals surface area contributed by atoms with Gasteiger partial charge in [0.25, 0.3) is 0 Å². The molecule has 1 aromatic rings. The zero-order chi connectivity index (χ0) is 10.4. The zero-order valence-electron chi connectivity index (χ0n) is 8.32. The highest BCUT2D eigenvalue weighted by Crippen LogP contribution is 2.12. The summed E-state index contributed by atoms with van der Waals surface area (Å²) >= 11 is 4.75. The van der Waals surface area contributed by atoms with Crippen molar-refractivity contribution in [3.05, 3.63) is 29.8 Å². The van der Waals surface area contributed by atoms with Crippen molar-refractivity contribution in [2.24, 2.45) is 5.73 Å². The van der Waals surface area contributed by atoms with E-state index < -0.39 is 0 Å². The fraction of sp³-hybridized carbons (Fsp3) is 0.364. The SMILES string of the molecule is CCc1ccc(OCCC(N)=S)cc1. The lowest BCUT2D eigenvalue weighted by atomic mass is 10.2. The van der Waals surface area contributed by atoms with Gasteiger partial charge in [-0.3, -0.25) is 0 Å². The van der Waals surface area contributed by atoms with Crippen molar-refractivity contribution in [2.75, 3.05) is 6.61 Å². The maximum absolute atomic E-state index is 5.45. The molecule has 0 saturated carbocycles. The van der Waals surface area contributed by atoms with Gasteiger partial charge in [-0.1, -0.05) is 31.3 Å². The molecule has 2 N–H and O–H groups in total. The summed E-state index contributed by atoms with van der Waals surface area (Å²) in [6, 6.07) is 8.07. The first-order valence-electron chi connectivity index (χ1n) is 4.72. The summed E-state index contributed by atoms with van der Waals surface area (Å²) < 4.78 is 5.45. The van der Waals surface area contributed by atoms with Crippen LogP contribution in [-0.4, -0.2) is 11.6 Å². The van der Waals surface area contributed by atoms with Crippen molar-refractivity contribution >= 4 is 17.2 Å². The predicted octanol–water partition coefficient (Wildman–Crippen LogP) is 2.30. The Morgan fingerprint density at radius 2 is 2.00 bits per heavy atom. The number of ether oxygens (including phenoxy) is 1. The monoisotopic (exact) mass is 209 g/mol. The van der Waals surface area contributed by atoms with Crippen molar-refractivity contribution in [1.82, 2.24) is 0 Å². The molecular weight excluding hydrogens is 194 g/mol. The summed E-state index contributed by atoms with van der Waals surface area (Å²) in [5.74, 6) is 0.874. The van der Waals surface area contributed by atoms with E-state index >= 15 is 0 Å². The van der Waals surface area contributed by atoms with Gasteiger partial charge in [-0.2, -0.15) is 0 Å². The summed E-state index contributed by atoms with van der Waals surface area (Å²) in [6.07, 6.45) is 1.68. The van der Waals surface area contributed by atoms with Crippen LogP contribution in [0, 0.1) is 0 Å². The van der Waals surface area contributed by atoms with Crippen molar-refractivity contribution in [3.63, 3.8) is 0 Å². The zero-order valence-corrected chi connectivity index (χ0v) is 9.14. The van der Waals surface area contributed by atoms with Gasteiger partial charge in [0.2, 0.25) is 0 Å². The molecule has 0 aliphatic heterocycles. The molecule has 76 valence electrons. The number of benzene rings is 1. The molecule has 0 saturated heterocycles. The second kappa shape index (κ2) is 5.60. The van der Waals surface area contributed by atoms with Crippen molar-refractivity contribution in [1.29, 1.82) is 0 Å². The lowest BCUT2D eigenvalue weighted by molar-refractivity contribution is 0.329. The second-order valence-electron chi connectivity index (χ2n) is 3.06. The molecule has 0 radical (unpaired) electrons. The highest BCUT2D eigenvalue weighted by molar-refractivity contribution is 7.80. The maximum atomic E-state index is 5.45. The normalized spacial score (nSPS) is 9.79. The number of thiocarbonyl (C=S) groups is 1. The standard InChI is InChI=1S/C11H15NOS/c1-2-9-3-5-10(6-4-9)13-8-7-11(12)14/h3-6H,2,7-8H2,1H3,(H2,12,14). The number of aryl methyl sites for hydroxylation is 1. The van der Waals surface area contributed by atoms with Gasteiger partial charge in [0.15, 0.2) is 0 Å². The smallest absolute Gasteiger partial charge is 0.119 e. The lowest BCUT2D eigenvalue weighted by Gasteiger charge is -2.05. The summed E-state index contributed by atoms with van der Waals surface area (Å²) in [4.78, 5) is 0.496. The van der Waals surface area contributed by atoms with E-state index in [1.807, 2.05) is 12.1 Å². The van der Waals surface area contributed by atoms with E-state index in [0.29, 0.717) is 18.0 Å². The molecule has 0 amide bonds. The van der Waals surface area contributed by atoms with Crippen LogP contribution in [0.2, 0.25) is 0 Å². The Balaban J connectivity index is 2.40. The molecule has 0 spiro atoms. The molecule has 0 fully saturated rings. The van der Waals surface area contributed by atoms with Crippen LogP contribution in [0.25, 0.3) is 0 Å². The largest absolute Gasteiger partial charge is 0.493 e. The molecule has 3 heteroatoms. The lowest BCUT2D eigenvalue weighted by Crippen LogP contribution is -2.12. The van der Waals surface area contributed by atoms with Crippen molar-refractivity contribution in [2.45, 2.75) is 19.8 Å². The van der Waals surface area contributed by atoms with Gasteiger partial charge in [-0.15, -0.1) is 0 Å². The summed E-state index contributed by atoms with van der Waals surface area (Å²) in [5.41, 5.74) is 6.67. The predicted molar refractivity (Wildman–Crippen MR) is 62.7 cm³/mol. The van der Waals surface area contributed by atoms with Crippen molar-refractivity contribution in [3.8, 4) is 5.75 Å². The van der Waals surface area contributed by atoms with Gasteiger partial charge >= 0.3 is 0 Å². The second-order valence-corrected chi connectivity index (χ2v) is 3.59. The molecule has 0 bridgehead atoms. The molecule has 0 aliphatic rings. The molecule has 1 aromatic carbocycles. The van der Waals surface area contributed by atoms with Crippen LogP contribution in [0.5, 0.6) is 5.75 Å². The minimum absolute atomic E-state index is 0.496. The van der Waals surface area contributed by atoms with Crippen LogP contribution in [-0.2, 0) is 6.42 Å². The molecule has 0 aromatic heterocycles. The van der Waals surface area contributed by atoms with E-state index in [1.54, 1.807) is 0 Å². The Morgan fingerprint density at radius 3 is 2.50 bits per heavy atom. The first-order valence-corrected chi connectivity index (χ1v) is 5.13.